The maximum atomic E-state index is 11.8. The van der Waals surface area contributed by atoms with E-state index in [2.05, 4.69) is 10.6 Å². The van der Waals surface area contributed by atoms with E-state index in [0.29, 0.717) is 18.4 Å². The van der Waals surface area contributed by atoms with Gasteiger partial charge in [-0.1, -0.05) is 0 Å². The van der Waals surface area contributed by atoms with E-state index in [4.69, 9.17) is 4.74 Å². The molecule has 2 heterocycles. The van der Waals surface area contributed by atoms with Crippen molar-refractivity contribution in [3.05, 3.63) is 0 Å². The van der Waals surface area contributed by atoms with E-state index in [0.717, 1.165) is 26.2 Å². The fourth-order valence-corrected chi connectivity index (χ4v) is 2.74. The van der Waals surface area contributed by atoms with Crippen LogP contribution in [0.1, 0.15) is 13.3 Å². The number of ether oxygens (including phenoxy) is 1. The van der Waals surface area contributed by atoms with Gasteiger partial charge in [0, 0.05) is 6.54 Å². The number of fused-ring (bicyclic) bond motifs is 1. The van der Waals surface area contributed by atoms with Gasteiger partial charge in [0.05, 0.1) is 12.5 Å². The summed E-state index contributed by atoms with van der Waals surface area (Å²) >= 11 is 0. The molecule has 3 atom stereocenters. The number of nitrogens with one attached hydrogen (secondary N) is 2. The van der Waals surface area contributed by atoms with Crippen molar-refractivity contribution < 1.29 is 9.53 Å². The maximum Gasteiger partial charge on any atom is 0.310 e. The summed E-state index contributed by atoms with van der Waals surface area (Å²) in [6, 6.07) is 0. The summed E-state index contributed by atoms with van der Waals surface area (Å²) in [7, 11) is 0. The van der Waals surface area contributed by atoms with Crippen LogP contribution in [0, 0.1) is 17.8 Å². The molecule has 2 saturated heterocycles. The molecule has 2 aliphatic heterocycles. The van der Waals surface area contributed by atoms with Crippen LogP contribution < -0.4 is 10.6 Å². The lowest BCUT2D eigenvalue weighted by molar-refractivity contribution is -0.152. The summed E-state index contributed by atoms with van der Waals surface area (Å²) in [5.74, 6) is 1.15. The molecule has 0 radical (unpaired) electrons. The lowest BCUT2D eigenvalue weighted by Crippen LogP contribution is -2.53. The highest BCUT2D eigenvalue weighted by Gasteiger charge is 2.39. The average Bonchev–Trinajstić information content (AvgIpc) is 2.28. The Hall–Kier alpha value is -0.610. The topological polar surface area (TPSA) is 50.4 Å². The Kier molecular flexibility index (Phi) is 3.59. The molecule has 2 fully saturated rings. The van der Waals surface area contributed by atoms with Gasteiger partial charge in [-0.2, -0.15) is 0 Å². The minimum atomic E-state index is -0.0246. The highest BCUT2D eigenvalue weighted by Crippen LogP contribution is 2.29. The quantitative estimate of drug-likeness (QED) is 0.632. The Morgan fingerprint density at radius 1 is 1.33 bits per heavy atom. The molecule has 0 aromatic heterocycles. The summed E-state index contributed by atoms with van der Waals surface area (Å²) < 4.78 is 5.12. The smallest absolute Gasteiger partial charge is 0.310 e. The molecule has 0 amide bonds. The number of hydrogen-bond acceptors (Lipinski definition) is 4. The number of piperidine rings is 2. The Labute approximate surface area is 90.8 Å². The van der Waals surface area contributed by atoms with Crippen LogP contribution in [0.3, 0.4) is 0 Å². The second-order valence-electron chi connectivity index (χ2n) is 4.43. The largest absolute Gasteiger partial charge is 0.466 e. The van der Waals surface area contributed by atoms with E-state index >= 15 is 0 Å². The molecule has 0 aromatic rings. The summed E-state index contributed by atoms with van der Waals surface area (Å²) in [5, 5.41) is 6.72. The van der Waals surface area contributed by atoms with Gasteiger partial charge in [-0.05, 0) is 44.8 Å². The summed E-state index contributed by atoms with van der Waals surface area (Å²) in [6.45, 7) is 6.24. The Morgan fingerprint density at radius 3 is 3.00 bits per heavy atom. The Bertz CT molecular complexity index is 231. The van der Waals surface area contributed by atoms with Crippen molar-refractivity contribution in [2.75, 3.05) is 32.8 Å². The number of rotatable bonds is 2. The molecule has 0 bridgehead atoms. The van der Waals surface area contributed by atoms with E-state index in [-0.39, 0.29) is 11.9 Å². The second-order valence-corrected chi connectivity index (χ2v) is 4.43. The predicted octanol–water partition coefficient (Wildman–Crippen LogP) is -0.00540. The lowest BCUT2D eigenvalue weighted by atomic mass is 9.75. The lowest BCUT2D eigenvalue weighted by Gasteiger charge is -2.40. The van der Waals surface area contributed by atoms with E-state index in [1.54, 1.807) is 0 Å². The summed E-state index contributed by atoms with van der Waals surface area (Å²) in [4.78, 5) is 11.8. The molecule has 3 unspecified atom stereocenters. The van der Waals surface area contributed by atoms with E-state index < -0.39 is 0 Å². The number of carbonyl (C=O) groups is 1. The fourth-order valence-electron chi connectivity index (χ4n) is 2.74. The van der Waals surface area contributed by atoms with E-state index in [1.165, 1.54) is 6.42 Å². The third-order valence-electron chi connectivity index (χ3n) is 3.55. The molecule has 4 heteroatoms. The molecular weight excluding hydrogens is 192 g/mol. The third-order valence-corrected chi connectivity index (χ3v) is 3.55. The SMILES string of the molecule is CCOC(=O)C1CNCC2CCNCC21. The first-order valence-corrected chi connectivity index (χ1v) is 5.91. The molecule has 86 valence electrons. The highest BCUT2D eigenvalue weighted by molar-refractivity contribution is 5.73. The zero-order valence-corrected chi connectivity index (χ0v) is 9.29. The molecule has 15 heavy (non-hydrogen) atoms. The van der Waals surface area contributed by atoms with Gasteiger partial charge >= 0.3 is 5.97 Å². The maximum absolute atomic E-state index is 11.8. The monoisotopic (exact) mass is 212 g/mol. The van der Waals surface area contributed by atoms with Crippen LogP contribution in [0.15, 0.2) is 0 Å². The van der Waals surface area contributed by atoms with Crippen LogP contribution in [0.2, 0.25) is 0 Å². The zero-order chi connectivity index (χ0) is 10.7. The van der Waals surface area contributed by atoms with Crippen molar-refractivity contribution in [2.24, 2.45) is 17.8 Å². The van der Waals surface area contributed by atoms with Crippen LogP contribution in [0.4, 0.5) is 0 Å². The molecule has 0 aliphatic carbocycles. The molecular formula is C11H20N2O2. The standard InChI is InChI=1S/C11H20N2O2/c1-2-15-11(14)10-7-13-5-8-3-4-12-6-9(8)10/h8-10,12-13H,2-7H2,1H3. The minimum Gasteiger partial charge on any atom is -0.466 e. The van der Waals surface area contributed by atoms with Crippen LogP contribution in [0.25, 0.3) is 0 Å². The minimum absolute atomic E-state index is 0.0246. The first-order chi connectivity index (χ1) is 7.33. The van der Waals surface area contributed by atoms with Gasteiger partial charge in [-0.3, -0.25) is 4.79 Å². The van der Waals surface area contributed by atoms with Gasteiger partial charge < -0.3 is 15.4 Å². The van der Waals surface area contributed by atoms with Gasteiger partial charge in [0.15, 0.2) is 0 Å². The number of carbonyl (C=O) groups excluding carboxylic acids is 1. The predicted molar refractivity (Wildman–Crippen MR) is 57.5 cm³/mol. The summed E-state index contributed by atoms with van der Waals surface area (Å²) in [5.41, 5.74) is 0. The van der Waals surface area contributed by atoms with Crippen molar-refractivity contribution in [3.63, 3.8) is 0 Å². The van der Waals surface area contributed by atoms with Crippen molar-refractivity contribution in [1.82, 2.24) is 10.6 Å². The molecule has 0 aromatic carbocycles. The van der Waals surface area contributed by atoms with Crippen molar-refractivity contribution in [1.29, 1.82) is 0 Å². The van der Waals surface area contributed by atoms with Crippen molar-refractivity contribution >= 4 is 5.97 Å². The molecule has 4 nitrogen and oxygen atoms in total. The first kappa shape index (κ1) is 10.9. The molecule has 0 saturated carbocycles. The van der Waals surface area contributed by atoms with E-state index in [9.17, 15) is 4.79 Å². The number of esters is 1. The first-order valence-electron chi connectivity index (χ1n) is 5.91. The second kappa shape index (κ2) is 4.94. The average molecular weight is 212 g/mol. The zero-order valence-electron chi connectivity index (χ0n) is 9.29. The van der Waals surface area contributed by atoms with Gasteiger partial charge in [0.25, 0.3) is 0 Å². The molecule has 2 N–H and O–H groups in total. The normalized spacial score (nSPS) is 35.7. The molecule has 2 aliphatic rings. The Balaban J connectivity index is 2.00. The summed E-state index contributed by atoms with van der Waals surface area (Å²) in [6.07, 6.45) is 1.17. The van der Waals surface area contributed by atoms with Crippen molar-refractivity contribution in [2.45, 2.75) is 13.3 Å². The number of hydrogen-bond donors (Lipinski definition) is 2. The molecule has 0 spiro atoms. The van der Waals surface area contributed by atoms with Crippen molar-refractivity contribution in [3.8, 4) is 0 Å². The van der Waals surface area contributed by atoms with Crippen LogP contribution in [0.5, 0.6) is 0 Å². The van der Waals surface area contributed by atoms with Crippen LogP contribution in [-0.2, 0) is 9.53 Å². The van der Waals surface area contributed by atoms with Crippen LogP contribution >= 0.6 is 0 Å². The van der Waals surface area contributed by atoms with Crippen LogP contribution in [-0.4, -0.2) is 38.8 Å². The van der Waals surface area contributed by atoms with Gasteiger partial charge in [-0.15, -0.1) is 0 Å². The van der Waals surface area contributed by atoms with E-state index in [1.807, 2.05) is 6.92 Å². The fraction of sp³-hybridized carbons (Fsp3) is 0.909. The highest BCUT2D eigenvalue weighted by atomic mass is 16.5. The third kappa shape index (κ3) is 2.32. The van der Waals surface area contributed by atoms with Gasteiger partial charge in [0.1, 0.15) is 0 Å². The molecule has 2 rings (SSSR count). The van der Waals surface area contributed by atoms with Gasteiger partial charge in [0.2, 0.25) is 0 Å². The Morgan fingerprint density at radius 2 is 2.20 bits per heavy atom. The van der Waals surface area contributed by atoms with Gasteiger partial charge in [-0.25, -0.2) is 0 Å².